The van der Waals surface area contributed by atoms with Crippen LogP contribution in [0.4, 0.5) is 0 Å². The van der Waals surface area contributed by atoms with Crippen molar-refractivity contribution in [2.24, 2.45) is 0 Å². The summed E-state index contributed by atoms with van der Waals surface area (Å²) in [5.41, 5.74) is 12.5. The highest BCUT2D eigenvalue weighted by molar-refractivity contribution is 5.46. The van der Waals surface area contributed by atoms with Gasteiger partial charge in [-0.25, -0.2) is 0 Å². The number of hydrogen-bond acceptors (Lipinski definition) is 6. The second-order valence-electron chi connectivity index (χ2n) is 42.2. The molecule has 10 unspecified atom stereocenters. The first-order valence-electron chi connectivity index (χ1n) is 44.8. The van der Waals surface area contributed by atoms with Crippen LogP contribution in [0.5, 0.6) is 0 Å². The Morgan fingerprint density at radius 2 is 0.355 bits per heavy atom. The summed E-state index contributed by atoms with van der Waals surface area (Å²) >= 11 is 0. The van der Waals surface area contributed by atoms with Crippen LogP contribution in [0.25, 0.3) is 0 Å². The second kappa shape index (κ2) is 37.0. The van der Waals surface area contributed by atoms with E-state index in [1.807, 2.05) is 42.7 Å². The van der Waals surface area contributed by atoms with E-state index in [1.54, 1.807) is 0 Å². The Hall–Kier alpha value is -8.04. The molecule has 10 rings (SSSR count). The van der Waals surface area contributed by atoms with Crippen molar-refractivity contribution in [2.45, 2.75) is 312 Å². The Kier molecular flexibility index (Phi) is 29.1. The average molecular weight is 1630 g/mol. The molecule has 0 saturated heterocycles. The van der Waals surface area contributed by atoms with Crippen molar-refractivity contribution in [2.75, 3.05) is 42.7 Å². The first-order chi connectivity index (χ1) is 56.6. The summed E-state index contributed by atoms with van der Waals surface area (Å²) in [7, 11) is 11.1. The summed E-state index contributed by atoms with van der Waals surface area (Å²) in [4.78, 5) is 0. The quantitative estimate of drug-likeness (QED) is 0.0381. The van der Waals surface area contributed by atoms with E-state index in [2.05, 4.69) is 426 Å². The lowest BCUT2D eigenvalue weighted by Gasteiger charge is -2.52. The first-order valence-corrected chi connectivity index (χ1v) is 44.8. The van der Waals surface area contributed by atoms with Crippen LogP contribution in [-0.2, 0) is 111 Å². The SMILES string of the molecule is CCC(C)(CC(C)(CC(C)(CC(C)(CC(C)(CC(C)(CC(C)(CC(C)(CC(C)(CC(C)c1cccc(C(C)(C)OC)c1)c1cccc(C(C)(C)OC)c1)c1cccc(C(C)(C)OC)c1)c1cccc(C(C)(C)OC)c1)c1cccc(C(C)(C)OC)c1)c1cccc(C(C)(C)OC)c1)c1ccccc1)c1ccccc1)c1ccccc1)c1ccccc1. The van der Waals surface area contributed by atoms with E-state index in [0.717, 1.165) is 97.6 Å². The zero-order valence-corrected chi connectivity index (χ0v) is 80.0. The standard InChI is InChI=1S/C115H152O6/c1-30-107(15,86-50-35-31-36-51-86)76-109(17,87-52-37-32-38-53-87)78-110(18,88-54-39-33-40-55-88)79-111(19,89-56-41-34-42-57-89)80-113(21,98-66-46-61-93(72-98)104(9,10)119-27)82-115(23,100-68-48-63-95(74-100)106(13,14)121-29)83-114(22,99-67-47-62-94(73-99)105(11,12)120-28)81-112(20,97-65-45-60-92(71-97)103(7,8)118-26)77-108(16,96-64-44-59-91(70-96)102(5,6)117-25)75-84(2)85-49-43-58-90(69-85)101(3,4)116-24/h31-74,84H,30,75-83H2,1-29H3. The fourth-order valence-corrected chi connectivity index (χ4v) is 21.9. The molecule has 0 aromatic heterocycles. The van der Waals surface area contributed by atoms with Crippen LogP contribution in [0.3, 0.4) is 0 Å². The molecule has 0 amide bonds. The minimum atomic E-state index is -0.614. The van der Waals surface area contributed by atoms with Gasteiger partial charge in [0.05, 0.1) is 33.6 Å². The van der Waals surface area contributed by atoms with E-state index in [-0.39, 0.29) is 22.2 Å². The molecule has 10 atom stereocenters. The summed E-state index contributed by atoms with van der Waals surface area (Å²) in [5.74, 6) is 0.133. The molecule has 0 saturated carbocycles. The summed E-state index contributed by atoms with van der Waals surface area (Å²) in [6.07, 6.45) is 8.43. The zero-order chi connectivity index (χ0) is 88.7. The topological polar surface area (TPSA) is 55.4 Å². The van der Waals surface area contributed by atoms with Crippen LogP contribution in [-0.4, -0.2) is 42.7 Å². The van der Waals surface area contributed by atoms with Gasteiger partial charge in [0.25, 0.3) is 0 Å². The van der Waals surface area contributed by atoms with E-state index in [1.165, 1.54) is 55.6 Å². The third kappa shape index (κ3) is 21.3. The third-order valence-corrected chi connectivity index (χ3v) is 30.1. The molecule has 10 aromatic carbocycles. The highest BCUT2D eigenvalue weighted by atomic mass is 16.5. The monoisotopic (exact) mass is 1630 g/mol. The number of ether oxygens (including phenoxy) is 6. The highest BCUT2D eigenvalue weighted by Crippen LogP contribution is 2.60. The van der Waals surface area contributed by atoms with Gasteiger partial charge < -0.3 is 28.4 Å². The average Bonchev–Trinajstić information content (AvgIpc) is 0.725. The predicted octanol–water partition coefficient (Wildman–Crippen LogP) is 29.6. The van der Waals surface area contributed by atoms with Crippen LogP contribution in [0.2, 0.25) is 0 Å². The van der Waals surface area contributed by atoms with Gasteiger partial charge in [-0.2, -0.15) is 0 Å². The lowest BCUT2D eigenvalue weighted by atomic mass is 9.51. The fourth-order valence-electron chi connectivity index (χ4n) is 21.9. The Morgan fingerprint density at radius 1 is 0.190 bits per heavy atom. The van der Waals surface area contributed by atoms with Gasteiger partial charge in [-0.3, -0.25) is 0 Å². The van der Waals surface area contributed by atoms with Crippen molar-refractivity contribution >= 4 is 0 Å². The maximum absolute atomic E-state index is 6.57. The first kappa shape index (κ1) is 95.2. The van der Waals surface area contributed by atoms with E-state index >= 15 is 0 Å². The molecule has 648 valence electrons. The van der Waals surface area contributed by atoms with E-state index in [9.17, 15) is 0 Å². The molecule has 121 heavy (non-hydrogen) atoms. The zero-order valence-electron chi connectivity index (χ0n) is 80.0. The van der Waals surface area contributed by atoms with Gasteiger partial charge in [0.15, 0.2) is 0 Å². The van der Waals surface area contributed by atoms with Gasteiger partial charge in [-0.1, -0.05) is 343 Å². The molecule has 0 aliphatic heterocycles. The van der Waals surface area contributed by atoms with Crippen LogP contribution >= 0.6 is 0 Å². The third-order valence-electron chi connectivity index (χ3n) is 30.1. The Balaban J connectivity index is 1.28. The van der Waals surface area contributed by atoms with E-state index in [4.69, 9.17) is 28.4 Å². The van der Waals surface area contributed by atoms with E-state index < -0.39 is 66.1 Å². The largest absolute Gasteiger partial charge is 0.374 e. The van der Waals surface area contributed by atoms with Gasteiger partial charge >= 0.3 is 0 Å². The van der Waals surface area contributed by atoms with Crippen molar-refractivity contribution in [3.8, 4) is 0 Å². The molecule has 0 heterocycles. The Morgan fingerprint density at radius 3 is 0.579 bits per heavy atom. The molecule has 0 radical (unpaired) electrons. The minimum Gasteiger partial charge on any atom is -0.374 e. The molecule has 0 aliphatic carbocycles. The number of benzene rings is 10. The lowest BCUT2D eigenvalue weighted by Crippen LogP contribution is -2.47. The maximum atomic E-state index is 6.57. The normalized spacial score (nSPS) is 17.6. The van der Waals surface area contributed by atoms with E-state index in [0.29, 0.717) is 0 Å². The van der Waals surface area contributed by atoms with Crippen molar-refractivity contribution in [1.82, 2.24) is 0 Å². The highest BCUT2D eigenvalue weighted by Gasteiger charge is 2.53. The molecule has 6 heteroatoms. The summed E-state index contributed by atoms with van der Waals surface area (Å²) < 4.78 is 38.7. The van der Waals surface area contributed by atoms with Gasteiger partial charge in [-0.05, 0) is 291 Å². The van der Waals surface area contributed by atoms with Crippen molar-refractivity contribution in [1.29, 1.82) is 0 Å². The van der Waals surface area contributed by atoms with Crippen molar-refractivity contribution in [3.63, 3.8) is 0 Å². The van der Waals surface area contributed by atoms with Crippen LogP contribution in [0, 0.1) is 0 Å². The Labute approximate surface area is 734 Å². The van der Waals surface area contributed by atoms with Crippen molar-refractivity contribution in [3.05, 3.63) is 356 Å². The molecule has 0 N–H and O–H groups in total. The molecule has 0 spiro atoms. The van der Waals surface area contributed by atoms with Gasteiger partial charge in [0.2, 0.25) is 0 Å². The van der Waals surface area contributed by atoms with Crippen molar-refractivity contribution < 1.29 is 28.4 Å². The molecule has 10 aromatic rings. The van der Waals surface area contributed by atoms with Gasteiger partial charge in [-0.15, -0.1) is 0 Å². The van der Waals surface area contributed by atoms with Crippen LogP contribution < -0.4 is 0 Å². The maximum Gasteiger partial charge on any atom is 0.0871 e. The van der Waals surface area contributed by atoms with Crippen LogP contribution in [0.15, 0.2) is 267 Å². The summed E-state index contributed by atoms with van der Waals surface area (Å²) in [6.45, 7) is 54.8. The molecule has 0 aliphatic rings. The summed E-state index contributed by atoms with van der Waals surface area (Å²) in [6, 6.07) is 103. The molecular weight excluding hydrogens is 1480 g/mol. The molecule has 0 fully saturated rings. The van der Waals surface area contributed by atoms with Gasteiger partial charge in [0.1, 0.15) is 0 Å². The second-order valence-corrected chi connectivity index (χ2v) is 42.2. The molecular formula is C115H152O6. The number of methoxy groups -OCH3 is 6. The summed E-state index contributed by atoms with van der Waals surface area (Å²) in [5, 5.41) is 0. The predicted molar refractivity (Wildman–Crippen MR) is 511 cm³/mol. The number of hydrogen-bond donors (Lipinski definition) is 0. The van der Waals surface area contributed by atoms with Crippen LogP contribution in [0.1, 0.15) is 318 Å². The minimum absolute atomic E-state index is 0.120. The molecule has 6 nitrogen and oxygen atoms in total. The Bertz CT molecular complexity index is 5020. The fraction of sp³-hybridized carbons (Fsp3) is 0.478. The van der Waals surface area contributed by atoms with Gasteiger partial charge in [0, 0.05) is 42.7 Å². The molecule has 0 bridgehead atoms. The lowest BCUT2D eigenvalue weighted by molar-refractivity contribution is 0.0188. The smallest absolute Gasteiger partial charge is 0.0871 e. The number of rotatable bonds is 41.